The molecule has 208 valence electrons. The third-order valence-electron chi connectivity index (χ3n) is 5.79. The first-order valence-corrected chi connectivity index (χ1v) is 13.5. The Morgan fingerprint density at radius 2 is 1.61 bits per heavy atom. The molecule has 41 heavy (non-hydrogen) atoms. The molecular weight excluding hydrogens is 542 g/mol. The van der Waals surface area contributed by atoms with Gasteiger partial charge in [0.2, 0.25) is 5.91 Å². The Morgan fingerprint density at radius 1 is 0.854 bits per heavy atom. The minimum Gasteiger partial charge on any atom is -0.478 e. The van der Waals surface area contributed by atoms with Crippen molar-refractivity contribution in [1.29, 1.82) is 0 Å². The van der Waals surface area contributed by atoms with Gasteiger partial charge >= 0.3 is 5.97 Å². The van der Waals surface area contributed by atoms with Crippen LogP contribution in [0.2, 0.25) is 0 Å². The SMILES string of the molecule is CCC(Sc1cccc(NC(=O)/C(=C/c2ccco2)NC(=O)c2ccccc2)c1)C(=O)Nc1ccc(C(=O)O)cc1. The second-order valence-electron chi connectivity index (χ2n) is 8.76. The summed E-state index contributed by atoms with van der Waals surface area (Å²) in [4.78, 5) is 50.7. The van der Waals surface area contributed by atoms with Crippen LogP contribution < -0.4 is 16.0 Å². The number of hydrogen-bond acceptors (Lipinski definition) is 6. The molecule has 0 aliphatic carbocycles. The van der Waals surface area contributed by atoms with Crippen molar-refractivity contribution < 1.29 is 28.7 Å². The molecular formula is C31H27N3O6S. The Bertz CT molecular complexity index is 1550. The Kier molecular flexibility index (Phi) is 9.74. The monoisotopic (exact) mass is 569 g/mol. The molecule has 1 aromatic heterocycles. The van der Waals surface area contributed by atoms with Gasteiger partial charge in [0.1, 0.15) is 11.5 Å². The number of carboxylic acids is 1. The maximum absolute atomic E-state index is 13.2. The van der Waals surface area contributed by atoms with Crippen molar-refractivity contribution in [3.8, 4) is 0 Å². The van der Waals surface area contributed by atoms with Crippen molar-refractivity contribution in [3.05, 3.63) is 120 Å². The number of carbonyl (C=O) groups excluding carboxylic acids is 3. The summed E-state index contributed by atoms with van der Waals surface area (Å²) in [5.74, 6) is -1.89. The highest BCUT2D eigenvalue weighted by Gasteiger charge is 2.20. The van der Waals surface area contributed by atoms with Crippen LogP contribution in [0.25, 0.3) is 6.08 Å². The number of amides is 3. The van der Waals surface area contributed by atoms with Gasteiger partial charge in [-0.25, -0.2) is 4.79 Å². The van der Waals surface area contributed by atoms with E-state index in [1.807, 2.05) is 13.0 Å². The third kappa shape index (κ3) is 8.20. The van der Waals surface area contributed by atoms with E-state index in [0.717, 1.165) is 4.90 Å². The van der Waals surface area contributed by atoms with Gasteiger partial charge in [-0.15, -0.1) is 11.8 Å². The molecule has 0 fully saturated rings. The molecule has 0 aliphatic rings. The number of anilines is 2. The van der Waals surface area contributed by atoms with Crippen molar-refractivity contribution in [2.24, 2.45) is 0 Å². The average Bonchev–Trinajstić information content (AvgIpc) is 3.49. The highest BCUT2D eigenvalue weighted by atomic mass is 32.2. The zero-order chi connectivity index (χ0) is 29.2. The van der Waals surface area contributed by atoms with Crippen LogP contribution in [0.3, 0.4) is 0 Å². The fraction of sp³-hybridized carbons (Fsp3) is 0.0968. The molecule has 1 unspecified atom stereocenters. The van der Waals surface area contributed by atoms with Gasteiger partial charge in [0.25, 0.3) is 11.8 Å². The van der Waals surface area contributed by atoms with E-state index in [1.165, 1.54) is 36.2 Å². The maximum atomic E-state index is 13.2. The van der Waals surface area contributed by atoms with E-state index < -0.39 is 23.0 Å². The lowest BCUT2D eigenvalue weighted by Gasteiger charge is -2.16. The summed E-state index contributed by atoms with van der Waals surface area (Å²) in [6.45, 7) is 1.89. The van der Waals surface area contributed by atoms with Crippen LogP contribution in [0, 0.1) is 0 Å². The summed E-state index contributed by atoms with van der Waals surface area (Å²) in [5, 5.41) is 16.9. The molecule has 9 nitrogen and oxygen atoms in total. The van der Waals surface area contributed by atoms with Crippen molar-refractivity contribution in [1.82, 2.24) is 5.32 Å². The number of hydrogen-bond donors (Lipinski definition) is 4. The zero-order valence-corrected chi connectivity index (χ0v) is 22.8. The summed E-state index contributed by atoms with van der Waals surface area (Å²) < 4.78 is 5.33. The average molecular weight is 570 g/mol. The van der Waals surface area contributed by atoms with E-state index in [0.29, 0.717) is 29.1 Å². The Balaban J connectivity index is 1.44. The minimum atomic E-state index is -1.04. The third-order valence-corrected chi connectivity index (χ3v) is 7.15. The van der Waals surface area contributed by atoms with Crippen molar-refractivity contribution in [2.75, 3.05) is 10.6 Å². The highest BCUT2D eigenvalue weighted by Crippen LogP contribution is 2.29. The molecule has 1 heterocycles. The number of furan rings is 1. The van der Waals surface area contributed by atoms with Gasteiger partial charge in [0.05, 0.1) is 17.1 Å². The number of carboxylic acid groups (broad SMARTS) is 1. The summed E-state index contributed by atoms with van der Waals surface area (Å²) in [6, 6.07) is 24.8. The van der Waals surface area contributed by atoms with Gasteiger partial charge in [0, 0.05) is 27.9 Å². The van der Waals surface area contributed by atoms with E-state index >= 15 is 0 Å². The van der Waals surface area contributed by atoms with Gasteiger partial charge in [-0.05, 0) is 73.2 Å². The van der Waals surface area contributed by atoms with Crippen LogP contribution in [0.1, 0.15) is 39.8 Å². The van der Waals surface area contributed by atoms with Crippen LogP contribution in [0.4, 0.5) is 11.4 Å². The lowest BCUT2D eigenvalue weighted by Crippen LogP contribution is -2.30. The van der Waals surface area contributed by atoms with Gasteiger partial charge in [-0.2, -0.15) is 0 Å². The molecule has 4 rings (SSSR count). The van der Waals surface area contributed by atoms with Crippen molar-refractivity contribution in [2.45, 2.75) is 23.5 Å². The Morgan fingerprint density at radius 3 is 2.27 bits per heavy atom. The molecule has 0 saturated carbocycles. The highest BCUT2D eigenvalue weighted by molar-refractivity contribution is 8.00. The van der Waals surface area contributed by atoms with Gasteiger partial charge in [-0.1, -0.05) is 31.2 Å². The van der Waals surface area contributed by atoms with Crippen molar-refractivity contribution in [3.63, 3.8) is 0 Å². The number of nitrogens with one attached hydrogen (secondary N) is 3. The summed E-state index contributed by atoms with van der Waals surface area (Å²) in [7, 11) is 0. The fourth-order valence-electron chi connectivity index (χ4n) is 3.71. The summed E-state index contributed by atoms with van der Waals surface area (Å²) >= 11 is 1.33. The predicted octanol–water partition coefficient (Wildman–Crippen LogP) is 5.90. The number of rotatable bonds is 11. The van der Waals surface area contributed by atoms with Crippen LogP contribution in [0.5, 0.6) is 0 Å². The fourth-order valence-corrected chi connectivity index (χ4v) is 4.72. The first kappa shape index (κ1) is 28.9. The second-order valence-corrected chi connectivity index (χ2v) is 10.0. The zero-order valence-electron chi connectivity index (χ0n) is 22.0. The maximum Gasteiger partial charge on any atom is 0.335 e. The van der Waals surface area contributed by atoms with Crippen LogP contribution in [-0.4, -0.2) is 34.0 Å². The van der Waals surface area contributed by atoms with Gasteiger partial charge in [0.15, 0.2) is 0 Å². The van der Waals surface area contributed by atoms with Gasteiger partial charge < -0.3 is 25.5 Å². The van der Waals surface area contributed by atoms with Crippen LogP contribution in [-0.2, 0) is 9.59 Å². The predicted molar refractivity (Wildman–Crippen MR) is 158 cm³/mol. The molecule has 4 aromatic rings. The van der Waals surface area contributed by atoms with Crippen LogP contribution in [0.15, 0.2) is 112 Å². The van der Waals surface area contributed by atoms with E-state index in [4.69, 9.17) is 9.52 Å². The molecule has 0 spiro atoms. The number of aromatic carboxylic acids is 1. The first-order valence-electron chi connectivity index (χ1n) is 12.7. The van der Waals surface area contributed by atoms with E-state index in [-0.39, 0.29) is 17.2 Å². The standard InChI is InChI=1S/C31H27N3O6S/c1-2-27(30(37)32-22-15-13-21(14-16-22)31(38)39)41-25-12-6-10-23(18-25)33-29(36)26(19-24-11-7-17-40-24)34-28(35)20-8-4-3-5-9-20/h3-19,27H,2H2,1H3,(H,32,37)(H,33,36)(H,34,35)(H,38,39)/b26-19-. The number of benzene rings is 3. The van der Waals surface area contributed by atoms with Crippen molar-refractivity contribution >= 4 is 52.9 Å². The molecule has 0 radical (unpaired) electrons. The lowest BCUT2D eigenvalue weighted by molar-refractivity contribution is -0.116. The minimum absolute atomic E-state index is 0.00779. The molecule has 0 saturated heterocycles. The molecule has 10 heteroatoms. The number of carbonyl (C=O) groups is 4. The molecule has 0 bridgehead atoms. The molecule has 0 aliphatic heterocycles. The Labute approximate surface area is 240 Å². The largest absolute Gasteiger partial charge is 0.478 e. The van der Waals surface area contributed by atoms with E-state index in [2.05, 4.69) is 16.0 Å². The van der Waals surface area contributed by atoms with Crippen LogP contribution >= 0.6 is 11.8 Å². The Hall–Kier alpha value is -5.09. The molecule has 3 amide bonds. The summed E-state index contributed by atoms with van der Waals surface area (Å²) in [5.41, 5.74) is 1.48. The first-order chi connectivity index (χ1) is 19.8. The molecule has 4 N–H and O–H groups in total. The van der Waals surface area contributed by atoms with Gasteiger partial charge in [-0.3, -0.25) is 14.4 Å². The normalized spacial score (nSPS) is 11.8. The number of thioether (sulfide) groups is 1. The van der Waals surface area contributed by atoms with E-state index in [1.54, 1.807) is 72.8 Å². The quantitative estimate of drug-likeness (QED) is 0.130. The second kappa shape index (κ2) is 13.8. The molecule has 1 atom stereocenters. The van der Waals surface area contributed by atoms with E-state index in [9.17, 15) is 19.2 Å². The smallest absolute Gasteiger partial charge is 0.335 e. The summed E-state index contributed by atoms with van der Waals surface area (Å²) in [6.07, 6.45) is 3.43. The lowest BCUT2D eigenvalue weighted by atomic mass is 10.2. The topological polar surface area (TPSA) is 138 Å². The molecule has 3 aromatic carbocycles.